The molecular weight excluding hydrogens is 312 g/mol. The van der Waals surface area contributed by atoms with Crippen molar-refractivity contribution >= 4 is 22.4 Å². The van der Waals surface area contributed by atoms with Gasteiger partial charge in [-0.15, -0.1) is 0 Å². The molecule has 25 heavy (non-hydrogen) atoms. The summed E-state index contributed by atoms with van der Waals surface area (Å²) in [5.41, 5.74) is 1.95. The summed E-state index contributed by atoms with van der Waals surface area (Å²) in [5, 5.41) is 5.22. The van der Waals surface area contributed by atoms with E-state index in [0.717, 1.165) is 39.2 Å². The minimum atomic E-state index is 0.00347. The second kappa shape index (κ2) is 7.81. The van der Waals surface area contributed by atoms with Gasteiger partial charge in [-0.2, -0.15) is 0 Å². The van der Waals surface area contributed by atoms with Gasteiger partial charge < -0.3 is 15.0 Å². The van der Waals surface area contributed by atoms with Gasteiger partial charge in [-0.05, 0) is 23.6 Å². The Balaban J connectivity index is 1.65. The third-order valence-electron chi connectivity index (χ3n) is 4.21. The molecule has 4 nitrogen and oxygen atoms in total. The molecule has 0 radical (unpaired) electrons. The molecule has 0 spiro atoms. The van der Waals surface area contributed by atoms with Crippen molar-refractivity contribution in [2.24, 2.45) is 0 Å². The van der Waals surface area contributed by atoms with Crippen molar-refractivity contribution in [3.05, 3.63) is 72.3 Å². The zero-order chi connectivity index (χ0) is 17.6. The van der Waals surface area contributed by atoms with Gasteiger partial charge in [0.05, 0.1) is 14.2 Å². The number of para-hydroxylation sites is 1. The number of nitrogens with one attached hydrogen (secondary N) is 2. The van der Waals surface area contributed by atoms with Crippen molar-refractivity contribution in [3.8, 4) is 5.75 Å². The average molecular weight is 335 g/mol. The molecule has 2 N–H and O–H groups in total. The van der Waals surface area contributed by atoms with Gasteiger partial charge in [0.1, 0.15) is 12.3 Å². The zero-order valence-electron chi connectivity index (χ0n) is 14.6. The fourth-order valence-corrected chi connectivity index (χ4v) is 3.04. The van der Waals surface area contributed by atoms with E-state index in [2.05, 4.69) is 5.32 Å². The van der Waals surface area contributed by atoms with E-state index in [1.807, 2.05) is 73.8 Å². The fourth-order valence-electron chi connectivity index (χ4n) is 3.04. The highest BCUT2D eigenvalue weighted by molar-refractivity contribution is 6.02. The maximum atomic E-state index is 12.4. The van der Waals surface area contributed by atoms with Gasteiger partial charge in [-0.25, -0.2) is 0 Å². The molecule has 0 aliphatic rings. The number of hydrogen-bond donors (Lipinski definition) is 2. The molecular formula is C21H23N2O2+. The van der Waals surface area contributed by atoms with Crippen molar-refractivity contribution in [2.75, 3.05) is 26.0 Å². The van der Waals surface area contributed by atoms with Crippen LogP contribution in [-0.4, -0.2) is 26.6 Å². The molecule has 0 aromatic heterocycles. The number of anilines is 1. The second-order valence-corrected chi connectivity index (χ2v) is 6.20. The number of carbonyl (C=O) groups is 1. The molecule has 0 saturated heterocycles. The van der Waals surface area contributed by atoms with E-state index >= 15 is 0 Å². The molecule has 1 unspecified atom stereocenters. The first-order valence-electron chi connectivity index (χ1n) is 8.38. The lowest BCUT2D eigenvalue weighted by Crippen LogP contribution is -3.08. The van der Waals surface area contributed by atoms with Crippen LogP contribution in [0.4, 0.5) is 5.69 Å². The van der Waals surface area contributed by atoms with Gasteiger partial charge in [0.25, 0.3) is 5.91 Å². The maximum absolute atomic E-state index is 12.4. The van der Waals surface area contributed by atoms with E-state index in [1.54, 1.807) is 7.11 Å². The number of rotatable bonds is 6. The Hall–Kier alpha value is -2.85. The number of carbonyl (C=O) groups excluding carboxylic acids is 1. The minimum Gasteiger partial charge on any atom is -0.496 e. The number of quaternary nitrogens is 1. The Morgan fingerprint density at radius 3 is 2.56 bits per heavy atom. The first-order chi connectivity index (χ1) is 12.2. The number of ether oxygens (including phenoxy) is 1. The smallest absolute Gasteiger partial charge is 0.279 e. The Morgan fingerprint density at radius 2 is 1.72 bits per heavy atom. The number of likely N-dealkylation sites (N-methyl/N-ethyl adjacent to an activating group) is 1. The van der Waals surface area contributed by atoms with Crippen molar-refractivity contribution in [1.29, 1.82) is 0 Å². The van der Waals surface area contributed by atoms with Crippen LogP contribution in [0.3, 0.4) is 0 Å². The molecule has 0 bridgehead atoms. The van der Waals surface area contributed by atoms with E-state index in [9.17, 15) is 4.79 Å². The molecule has 3 rings (SSSR count). The number of amides is 1. The largest absolute Gasteiger partial charge is 0.496 e. The fraction of sp³-hybridized carbons (Fsp3) is 0.190. The maximum Gasteiger partial charge on any atom is 0.279 e. The highest BCUT2D eigenvalue weighted by Crippen LogP contribution is 2.22. The third kappa shape index (κ3) is 4.17. The average Bonchev–Trinajstić information content (AvgIpc) is 2.62. The predicted molar refractivity (Wildman–Crippen MR) is 101 cm³/mol. The van der Waals surface area contributed by atoms with Crippen LogP contribution < -0.4 is 15.0 Å². The van der Waals surface area contributed by atoms with Crippen molar-refractivity contribution in [1.82, 2.24) is 0 Å². The normalized spacial score (nSPS) is 11.9. The van der Waals surface area contributed by atoms with Crippen LogP contribution in [0.15, 0.2) is 66.7 Å². The highest BCUT2D eigenvalue weighted by Gasteiger charge is 2.14. The highest BCUT2D eigenvalue weighted by atomic mass is 16.5. The van der Waals surface area contributed by atoms with Crippen LogP contribution >= 0.6 is 0 Å². The van der Waals surface area contributed by atoms with E-state index in [-0.39, 0.29) is 5.91 Å². The third-order valence-corrected chi connectivity index (χ3v) is 4.21. The summed E-state index contributed by atoms with van der Waals surface area (Å²) in [6.07, 6.45) is 0. The van der Waals surface area contributed by atoms with Crippen LogP contribution in [0.2, 0.25) is 0 Å². The number of methoxy groups -OCH3 is 1. The number of benzene rings is 3. The van der Waals surface area contributed by atoms with Gasteiger partial charge in [0.2, 0.25) is 0 Å². The van der Waals surface area contributed by atoms with Gasteiger partial charge in [0.15, 0.2) is 6.54 Å². The lowest BCUT2D eigenvalue weighted by atomic mass is 10.1. The van der Waals surface area contributed by atoms with E-state index in [0.29, 0.717) is 6.54 Å². The van der Waals surface area contributed by atoms with Crippen LogP contribution in [0.5, 0.6) is 5.75 Å². The topological polar surface area (TPSA) is 42.8 Å². The minimum absolute atomic E-state index is 0.00347. The number of fused-ring (bicyclic) bond motifs is 1. The molecule has 0 heterocycles. The first-order valence-corrected chi connectivity index (χ1v) is 8.38. The Morgan fingerprint density at radius 1 is 1.00 bits per heavy atom. The lowest BCUT2D eigenvalue weighted by molar-refractivity contribution is -0.885. The second-order valence-electron chi connectivity index (χ2n) is 6.20. The van der Waals surface area contributed by atoms with E-state index < -0.39 is 0 Å². The molecule has 128 valence electrons. The van der Waals surface area contributed by atoms with Crippen LogP contribution in [-0.2, 0) is 11.3 Å². The summed E-state index contributed by atoms with van der Waals surface area (Å²) in [6, 6.07) is 21.9. The van der Waals surface area contributed by atoms with E-state index in [1.165, 1.54) is 0 Å². The Kier molecular flexibility index (Phi) is 5.31. The monoisotopic (exact) mass is 335 g/mol. The van der Waals surface area contributed by atoms with Gasteiger partial charge >= 0.3 is 0 Å². The van der Waals surface area contributed by atoms with Gasteiger partial charge in [0, 0.05) is 16.6 Å². The molecule has 1 amide bonds. The van der Waals surface area contributed by atoms with Crippen LogP contribution in [0, 0.1) is 0 Å². The molecule has 1 atom stereocenters. The van der Waals surface area contributed by atoms with Crippen molar-refractivity contribution < 1.29 is 14.4 Å². The Bertz CT molecular complexity index is 871. The quantitative estimate of drug-likeness (QED) is 0.727. The van der Waals surface area contributed by atoms with Crippen molar-refractivity contribution in [2.45, 2.75) is 6.54 Å². The summed E-state index contributed by atoms with van der Waals surface area (Å²) in [4.78, 5) is 13.5. The summed E-state index contributed by atoms with van der Waals surface area (Å²) in [5.74, 6) is 0.861. The summed E-state index contributed by atoms with van der Waals surface area (Å²) < 4.78 is 5.38. The first kappa shape index (κ1) is 17.0. The standard InChI is InChI=1S/C21H22N2O2/c1-23(14-17-9-4-6-13-20(17)25-2)15-21(24)22-19-12-7-10-16-8-3-5-11-18(16)19/h3-13H,14-15H2,1-2H3,(H,22,24)/p+1. The van der Waals surface area contributed by atoms with Crippen LogP contribution in [0.25, 0.3) is 10.8 Å². The molecule has 0 aliphatic carbocycles. The lowest BCUT2D eigenvalue weighted by Gasteiger charge is -2.16. The van der Waals surface area contributed by atoms with Gasteiger partial charge in [-0.1, -0.05) is 48.5 Å². The van der Waals surface area contributed by atoms with Crippen LogP contribution in [0.1, 0.15) is 5.56 Å². The molecule has 0 fully saturated rings. The van der Waals surface area contributed by atoms with Gasteiger partial charge in [-0.3, -0.25) is 4.79 Å². The predicted octanol–water partition coefficient (Wildman–Crippen LogP) is 2.50. The molecule has 4 heteroatoms. The van der Waals surface area contributed by atoms with E-state index in [4.69, 9.17) is 4.74 Å². The van der Waals surface area contributed by atoms with Crippen molar-refractivity contribution in [3.63, 3.8) is 0 Å². The number of hydrogen-bond acceptors (Lipinski definition) is 2. The SMILES string of the molecule is COc1ccccc1C[NH+](C)CC(=O)Nc1cccc2ccccc12. The zero-order valence-corrected chi connectivity index (χ0v) is 14.6. The molecule has 3 aromatic carbocycles. The molecule has 3 aromatic rings. The Labute approximate surface area is 148 Å². The summed E-state index contributed by atoms with van der Waals surface area (Å²) >= 11 is 0. The molecule has 0 saturated carbocycles. The summed E-state index contributed by atoms with van der Waals surface area (Å²) in [6.45, 7) is 1.12. The summed E-state index contributed by atoms with van der Waals surface area (Å²) in [7, 11) is 3.68. The molecule has 0 aliphatic heterocycles.